The van der Waals surface area contributed by atoms with E-state index in [0.717, 1.165) is 31.7 Å². The van der Waals surface area contributed by atoms with Crippen LogP contribution in [0.2, 0.25) is 0 Å². The highest BCUT2D eigenvalue weighted by molar-refractivity contribution is 5.88. The molecule has 3 N–H and O–H groups in total. The summed E-state index contributed by atoms with van der Waals surface area (Å²) < 4.78 is 0. The SMILES string of the molecule is Cc1cc(CNc2nccc(N3CCC(O)CC3)n2)c2[nH]c(C)c(C)c2c1. The molecule has 6 heteroatoms. The molecule has 4 rings (SSSR count). The molecule has 27 heavy (non-hydrogen) atoms. The Balaban J connectivity index is 1.53. The maximum absolute atomic E-state index is 9.69. The summed E-state index contributed by atoms with van der Waals surface area (Å²) in [5.41, 5.74) is 6.17. The third kappa shape index (κ3) is 3.62. The van der Waals surface area contributed by atoms with Crippen LogP contribution in [0.3, 0.4) is 0 Å². The molecule has 0 bridgehead atoms. The van der Waals surface area contributed by atoms with E-state index in [0.29, 0.717) is 12.5 Å². The number of aromatic amines is 1. The number of hydrogen-bond donors (Lipinski definition) is 3. The van der Waals surface area contributed by atoms with Crippen LogP contribution >= 0.6 is 0 Å². The van der Waals surface area contributed by atoms with Gasteiger partial charge in [-0.15, -0.1) is 0 Å². The molecule has 0 aliphatic carbocycles. The number of aromatic nitrogens is 3. The molecule has 1 aliphatic heterocycles. The number of aryl methyl sites for hydroxylation is 3. The predicted molar refractivity (Wildman–Crippen MR) is 109 cm³/mol. The van der Waals surface area contributed by atoms with Crippen molar-refractivity contribution in [2.45, 2.75) is 46.3 Å². The van der Waals surface area contributed by atoms with Crippen LogP contribution in [0.1, 0.15) is 35.2 Å². The Kier molecular flexibility index (Phi) is 4.74. The molecule has 3 aromatic rings. The maximum atomic E-state index is 9.69. The van der Waals surface area contributed by atoms with E-state index in [4.69, 9.17) is 0 Å². The first kappa shape index (κ1) is 17.8. The molecule has 0 radical (unpaired) electrons. The summed E-state index contributed by atoms with van der Waals surface area (Å²) in [5.74, 6) is 1.55. The third-order valence-electron chi connectivity index (χ3n) is 5.51. The lowest BCUT2D eigenvalue weighted by molar-refractivity contribution is 0.145. The predicted octanol–water partition coefficient (Wildman–Crippen LogP) is 3.46. The van der Waals surface area contributed by atoms with Gasteiger partial charge in [-0.1, -0.05) is 11.6 Å². The van der Waals surface area contributed by atoms with E-state index in [9.17, 15) is 5.11 Å². The molecule has 0 atom stereocenters. The zero-order chi connectivity index (χ0) is 19.0. The van der Waals surface area contributed by atoms with Gasteiger partial charge in [0.05, 0.1) is 11.6 Å². The highest BCUT2D eigenvalue weighted by atomic mass is 16.3. The van der Waals surface area contributed by atoms with Crippen LogP contribution in [0.5, 0.6) is 0 Å². The van der Waals surface area contributed by atoms with Crippen molar-refractivity contribution < 1.29 is 5.11 Å². The van der Waals surface area contributed by atoms with Crippen LogP contribution in [-0.2, 0) is 6.54 Å². The molecule has 1 aromatic carbocycles. The van der Waals surface area contributed by atoms with E-state index in [2.05, 4.69) is 58.1 Å². The van der Waals surface area contributed by atoms with Gasteiger partial charge in [0, 0.05) is 36.9 Å². The maximum Gasteiger partial charge on any atom is 0.224 e. The van der Waals surface area contributed by atoms with Gasteiger partial charge in [-0.05, 0) is 56.9 Å². The standard InChI is InChI=1S/C21H27N5O/c1-13-10-16(20-18(11-13)14(2)15(3)24-20)12-23-21-22-7-4-19(25-21)26-8-5-17(27)6-9-26/h4,7,10-11,17,24,27H,5-6,8-9,12H2,1-3H3,(H,22,23,25). The van der Waals surface area contributed by atoms with Gasteiger partial charge in [0.15, 0.2) is 0 Å². The molecule has 142 valence electrons. The lowest BCUT2D eigenvalue weighted by Gasteiger charge is -2.30. The zero-order valence-electron chi connectivity index (χ0n) is 16.2. The molecule has 2 aromatic heterocycles. The number of fused-ring (bicyclic) bond motifs is 1. The van der Waals surface area contributed by atoms with Crippen molar-refractivity contribution in [1.82, 2.24) is 15.0 Å². The molecule has 0 saturated carbocycles. The van der Waals surface area contributed by atoms with Crippen molar-refractivity contribution in [2.75, 3.05) is 23.3 Å². The Bertz CT molecular complexity index is 957. The molecule has 1 fully saturated rings. The van der Waals surface area contributed by atoms with Crippen LogP contribution < -0.4 is 10.2 Å². The van der Waals surface area contributed by atoms with E-state index in [1.165, 1.54) is 33.3 Å². The lowest BCUT2D eigenvalue weighted by Crippen LogP contribution is -2.36. The molecule has 3 heterocycles. The quantitative estimate of drug-likeness (QED) is 0.660. The summed E-state index contributed by atoms with van der Waals surface area (Å²) in [5, 5.41) is 14.4. The summed E-state index contributed by atoms with van der Waals surface area (Å²) in [4.78, 5) is 14.8. The van der Waals surface area contributed by atoms with Gasteiger partial charge in [0.25, 0.3) is 0 Å². The second kappa shape index (κ2) is 7.19. The Morgan fingerprint density at radius 2 is 2.00 bits per heavy atom. The number of rotatable bonds is 4. The molecule has 0 spiro atoms. The fourth-order valence-electron chi connectivity index (χ4n) is 3.81. The number of aliphatic hydroxyl groups excluding tert-OH is 1. The molecule has 0 unspecified atom stereocenters. The number of H-pyrrole nitrogens is 1. The minimum Gasteiger partial charge on any atom is -0.393 e. The van der Waals surface area contributed by atoms with Crippen molar-refractivity contribution in [3.05, 3.63) is 46.8 Å². The van der Waals surface area contributed by atoms with E-state index in [1.807, 2.05) is 6.07 Å². The number of hydrogen-bond acceptors (Lipinski definition) is 5. The highest BCUT2D eigenvalue weighted by Gasteiger charge is 2.18. The van der Waals surface area contributed by atoms with Crippen LogP contribution in [0, 0.1) is 20.8 Å². The third-order valence-corrected chi connectivity index (χ3v) is 5.51. The monoisotopic (exact) mass is 365 g/mol. The summed E-state index contributed by atoms with van der Waals surface area (Å²) >= 11 is 0. The minimum absolute atomic E-state index is 0.183. The average molecular weight is 365 g/mol. The normalized spacial score (nSPS) is 15.5. The first-order valence-corrected chi connectivity index (χ1v) is 9.59. The first-order valence-electron chi connectivity index (χ1n) is 9.59. The number of nitrogens with one attached hydrogen (secondary N) is 2. The average Bonchev–Trinajstić information content (AvgIpc) is 2.95. The molecule has 6 nitrogen and oxygen atoms in total. The Morgan fingerprint density at radius 3 is 2.78 bits per heavy atom. The highest BCUT2D eigenvalue weighted by Crippen LogP contribution is 2.26. The second-order valence-electron chi connectivity index (χ2n) is 7.53. The summed E-state index contributed by atoms with van der Waals surface area (Å²) in [6.45, 7) is 8.73. The van der Waals surface area contributed by atoms with E-state index in [1.54, 1.807) is 6.20 Å². The number of nitrogens with zero attached hydrogens (tertiary/aromatic N) is 3. The van der Waals surface area contributed by atoms with E-state index < -0.39 is 0 Å². The summed E-state index contributed by atoms with van der Waals surface area (Å²) in [7, 11) is 0. The number of anilines is 2. The fraction of sp³-hybridized carbons (Fsp3) is 0.429. The smallest absolute Gasteiger partial charge is 0.224 e. The van der Waals surface area contributed by atoms with Gasteiger partial charge >= 0.3 is 0 Å². The molecule has 0 amide bonds. The molecule has 1 aliphatic rings. The zero-order valence-corrected chi connectivity index (χ0v) is 16.2. The van der Waals surface area contributed by atoms with Gasteiger partial charge in [0.1, 0.15) is 5.82 Å². The van der Waals surface area contributed by atoms with Crippen molar-refractivity contribution in [1.29, 1.82) is 0 Å². The van der Waals surface area contributed by atoms with Crippen molar-refractivity contribution in [3.8, 4) is 0 Å². The van der Waals surface area contributed by atoms with E-state index >= 15 is 0 Å². The van der Waals surface area contributed by atoms with Crippen molar-refractivity contribution in [2.24, 2.45) is 0 Å². The van der Waals surface area contributed by atoms with Gasteiger partial charge in [0.2, 0.25) is 5.95 Å². The van der Waals surface area contributed by atoms with Gasteiger partial charge < -0.3 is 20.3 Å². The van der Waals surface area contributed by atoms with Crippen LogP contribution in [0.15, 0.2) is 24.4 Å². The van der Waals surface area contributed by atoms with Crippen LogP contribution in [0.4, 0.5) is 11.8 Å². The Morgan fingerprint density at radius 1 is 1.22 bits per heavy atom. The van der Waals surface area contributed by atoms with Crippen LogP contribution in [0.25, 0.3) is 10.9 Å². The van der Waals surface area contributed by atoms with E-state index in [-0.39, 0.29) is 6.10 Å². The fourth-order valence-corrected chi connectivity index (χ4v) is 3.81. The topological polar surface area (TPSA) is 77.1 Å². The molecular weight excluding hydrogens is 338 g/mol. The minimum atomic E-state index is -0.183. The van der Waals surface area contributed by atoms with Gasteiger partial charge in [-0.3, -0.25) is 0 Å². The number of benzene rings is 1. The largest absolute Gasteiger partial charge is 0.393 e. The Labute approximate surface area is 159 Å². The number of aliphatic hydroxyl groups is 1. The summed E-state index contributed by atoms with van der Waals surface area (Å²) in [6.07, 6.45) is 3.20. The van der Waals surface area contributed by atoms with Crippen molar-refractivity contribution >= 4 is 22.7 Å². The second-order valence-corrected chi connectivity index (χ2v) is 7.53. The Hall–Kier alpha value is -2.60. The van der Waals surface area contributed by atoms with Crippen LogP contribution in [-0.4, -0.2) is 39.3 Å². The van der Waals surface area contributed by atoms with Crippen molar-refractivity contribution in [3.63, 3.8) is 0 Å². The molecule has 1 saturated heterocycles. The van der Waals surface area contributed by atoms with Gasteiger partial charge in [-0.25, -0.2) is 4.98 Å². The number of piperidine rings is 1. The first-order chi connectivity index (χ1) is 13.0. The molecular formula is C21H27N5O. The van der Waals surface area contributed by atoms with Gasteiger partial charge in [-0.2, -0.15) is 4.98 Å². The summed E-state index contributed by atoms with van der Waals surface area (Å²) in [6, 6.07) is 6.38. The lowest BCUT2D eigenvalue weighted by atomic mass is 10.0.